The fourth-order valence-electron chi connectivity index (χ4n) is 4.11. The zero-order valence-electron chi connectivity index (χ0n) is 18.0. The van der Waals surface area contributed by atoms with E-state index in [0.29, 0.717) is 0 Å². The first-order valence-electron chi connectivity index (χ1n) is 10.2. The van der Waals surface area contributed by atoms with E-state index in [-0.39, 0.29) is 40.2 Å². The molecule has 0 saturated carbocycles. The molecule has 0 amide bonds. The molecule has 3 nitrogen and oxygen atoms in total. The molecule has 0 bridgehead atoms. The summed E-state index contributed by atoms with van der Waals surface area (Å²) in [5.41, 5.74) is -2.47. The number of halogens is 7. The SMILES string of the molecule is CC(C)(C)c1ccc(-c2oc3cc4c(cc3c2C2=C(F)C(F)(F)C(F)(F)C2(F)F)OCO4)cc1. The first kappa shape index (κ1) is 22.6. The molecule has 1 aromatic heterocycles. The number of alkyl halides is 6. The average molecular weight is 486 g/mol. The first-order valence-corrected chi connectivity index (χ1v) is 10.2. The quantitative estimate of drug-likeness (QED) is 0.348. The molecule has 0 radical (unpaired) electrons. The van der Waals surface area contributed by atoms with Crippen molar-refractivity contribution < 1.29 is 44.6 Å². The van der Waals surface area contributed by atoms with Crippen LogP contribution in [0.3, 0.4) is 0 Å². The minimum absolute atomic E-state index is 0.0463. The Kier molecular flexibility index (Phi) is 4.46. The van der Waals surface area contributed by atoms with Crippen LogP contribution in [0.5, 0.6) is 11.5 Å². The maximum absolute atomic E-state index is 14.8. The van der Waals surface area contributed by atoms with Gasteiger partial charge in [-0.05, 0) is 17.0 Å². The van der Waals surface area contributed by atoms with Gasteiger partial charge in [0.15, 0.2) is 17.3 Å². The zero-order valence-corrected chi connectivity index (χ0v) is 18.0. The molecule has 0 atom stereocenters. The summed E-state index contributed by atoms with van der Waals surface area (Å²) in [5.74, 6) is -20.4. The van der Waals surface area contributed by atoms with Crippen LogP contribution in [0.1, 0.15) is 31.9 Å². The Morgan fingerprint density at radius 2 is 1.41 bits per heavy atom. The van der Waals surface area contributed by atoms with Gasteiger partial charge in [-0.3, -0.25) is 0 Å². The summed E-state index contributed by atoms with van der Waals surface area (Å²) >= 11 is 0. The summed E-state index contributed by atoms with van der Waals surface area (Å²) in [5, 5.41) is -0.294. The van der Waals surface area contributed by atoms with Crippen molar-refractivity contribution in [1.82, 2.24) is 0 Å². The lowest BCUT2D eigenvalue weighted by molar-refractivity contribution is -0.263. The topological polar surface area (TPSA) is 31.6 Å². The van der Waals surface area contributed by atoms with Crippen molar-refractivity contribution in [2.75, 3.05) is 6.79 Å². The molecule has 2 heterocycles. The van der Waals surface area contributed by atoms with Crippen molar-refractivity contribution in [1.29, 1.82) is 0 Å². The van der Waals surface area contributed by atoms with Gasteiger partial charge < -0.3 is 13.9 Å². The van der Waals surface area contributed by atoms with E-state index in [4.69, 9.17) is 13.9 Å². The van der Waals surface area contributed by atoms with Crippen LogP contribution in [0.4, 0.5) is 30.7 Å². The fourth-order valence-corrected chi connectivity index (χ4v) is 4.11. The van der Waals surface area contributed by atoms with Crippen LogP contribution in [0, 0.1) is 0 Å². The van der Waals surface area contributed by atoms with Crippen LogP contribution in [-0.2, 0) is 5.41 Å². The largest absolute Gasteiger partial charge is 0.455 e. The Morgan fingerprint density at radius 3 is 1.94 bits per heavy atom. The number of furan rings is 1. The lowest BCUT2D eigenvalue weighted by Gasteiger charge is -2.24. The maximum Gasteiger partial charge on any atom is 0.383 e. The normalized spacial score (nSPS) is 20.4. The van der Waals surface area contributed by atoms with Crippen LogP contribution >= 0.6 is 0 Å². The summed E-state index contributed by atoms with van der Waals surface area (Å²) < 4.78 is 117. The highest BCUT2D eigenvalue weighted by molar-refractivity contribution is 6.02. The van der Waals surface area contributed by atoms with Gasteiger partial charge in [0.1, 0.15) is 11.3 Å². The molecule has 3 aromatic rings. The lowest BCUT2D eigenvalue weighted by Crippen LogP contribution is -2.48. The molecule has 0 spiro atoms. The molecule has 5 rings (SSSR count). The van der Waals surface area contributed by atoms with Crippen molar-refractivity contribution >= 4 is 16.5 Å². The summed E-state index contributed by atoms with van der Waals surface area (Å²) in [7, 11) is 0. The number of ether oxygens (including phenoxy) is 2. The number of benzene rings is 2. The second-order valence-electron chi connectivity index (χ2n) is 9.25. The molecular weight excluding hydrogens is 469 g/mol. The molecule has 34 heavy (non-hydrogen) atoms. The summed E-state index contributed by atoms with van der Waals surface area (Å²) in [6.45, 7) is 5.58. The van der Waals surface area contributed by atoms with E-state index in [2.05, 4.69) is 0 Å². The Bertz CT molecular complexity index is 1350. The third kappa shape index (κ3) is 2.83. The Balaban J connectivity index is 1.83. The van der Waals surface area contributed by atoms with Crippen molar-refractivity contribution in [2.45, 2.75) is 44.0 Å². The van der Waals surface area contributed by atoms with Crippen LogP contribution < -0.4 is 9.47 Å². The highest BCUT2D eigenvalue weighted by atomic mass is 19.3. The highest BCUT2D eigenvalue weighted by Crippen LogP contribution is 2.64. The van der Waals surface area contributed by atoms with Crippen LogP contribution in [0.15, 0.2) is 46.6 Å². The van der Waals surface area contributed by atoms with Crippen molar-refractivity contribution in [2.24, 2.45) is 0 Å². The van der Waals surface area contributed by atoms with Gasteiger partial charge in [0.2, 0.25) is 6.79 Å². The Labute approximate surface area is 188 Å². The molecule has 0 unspecified atom stereocenters. The predicted octanol–water partition coefficient (Wildman–Crippen LogP) is 7.73. The van der Waals surface area contributed by atoms with E-state index < -0.39 is 40.5 Å². The standard InChI is InChI=1S/C24H17F7O3/c1-21(2,3)12-6-4-11(5-7-12)19-17(13-8-15-16(33-10-32-15)9-14(13)34-19)18-20(25)23(28,29)24(30,31)22(18,26)27/h4-9H,10H2,1-3H3. The van der Waals surface area contributed by atoms with Crippen LogP contribution in [-0.4, -0.2) is 24.6 Å². The zero-order chi connectivity index (χ0) is 24.8. The Morgan fingerprint density at radius 1 is 0.824 bits per heavy atom. The molecule has 1 aliphatic heterocycles. The van der Waals surface area contributed by atoms with Gasteiger partial charge in [-0.2, -0.15) is 26.3 Å². The summed E-state index contributed by atoms with van der Waals surface area (Å²) in [4.78, 5) is 0. The molecule has 2 aromatic carbocycles. The van der Waals surface area contributed by atoms with Gasteiger partial charge in [-0.15, -0.1) is 0 Å². The minimum atomic E-state index is -5.98. The number of hydrogen-bond acceptors (Lipinski definition) is 3. The smallest absolute Gasteiger partial charge is 0.383 e. The maximum atomic E-state index is 14.8. The Hall–Kier alpha value is -3.17. The van der Waals surface area contributed by atoms with Gasteiger partial charge >= 0.3 is 17.8 Å². The van der Waals surface area contributed by atoms with Gasteiger partial charge in [-0.25, -0.2) is 4.39 Å². The van der Waals surface area contributed by atoms with E-state index >= 15 is 0 Å². The van der Waals surface area contributed by atoms with Gasteiger partial charge in [0.05, 0.1) is 5.57 Å². The molecular formula is C24H17F7O3. The van der Waals surface area contributed by atoms with E-state index in [0.717, 1.165) is 11.6 Å². The van der Waals surface area contributed by atoms with Gasteiger partial charge in [-0.1, -0.05) is 45.0 Å². The second kappa shape index (κ2) is 6.70. The third-order valence-electron chi connectivity index (χ3n) is 6.04. The lowest BCUT2D eigenvalue weighted by atomic mass is 9.86. The number of allylic oxidation sites excluding steroid dienone is 2. The molecule has 10 heteroatoms. The van der Waals surface area contributed by atoms with E-state index in [9.17, 15) is 30.7 Å². The van der Waals surface area contributed by atoms with Crippen molar-refractivity contribution in [3.05, 3.63) is 53.4 Å². The summed E-state index contributed by atoms with van der Waals surface area (Å²) in [6, 6.07) is 8.59. The number of rotatable bonds is 2. The number of fused-ring (bicyclic) bond motifs is 2. The minimum Gasteiger partial charge on any atom is -0.455 e. The molecule has 180 valence electrons. The van der Waals surface area contributed by atoms with Crippen molar-refractivity contribution in [3.8, 4) is 22.8 Å². The highest BCUT2D eigenvalue weighted by Gasteiger charge is 2.81. The fraction of sp³-hybridized carbons (Fsp3) is 0.333. The molecule has 0 fully saturated rings. The second-order valence-corrected chi connectivity index (χ2v) is 9.25. The summed E-state index contributed by atoms with van der Waals surface area (Å²) in [6.07, 6.45) is 0. The third-order valence-corrected chi connectivity index (χ3v) is 6.04. The van der Waals surface area contributed by atoms with E-state index in [1.54, 1.807) is 12.1 Å². The predicted molar refractivity (Wildman–Crippen MR) is 109 cm³/mol. The van der Waals surface area contributed by atoms with Crippen LogP contribution in [0.2, 0.25) is 0 Å². The molecule has 0 saturated heterocycles. The molecule has 1 aliphatic carbocycles. The average Bonchev–Trinajstić information content (AvgIpc) is 3.37. The van der Waals surface area contributed by atoms with Gasteiger partial charge in [0, 0.05) is 22.6 Å². The van der Waals surface area contributed by atoms with Crippen LogP contribution in [0.25, 0.3) is 27.9 Å². The monoisotopic (exact) mass is 486 g/mol. The number of hydrogen-bond donors (Lipinski definition) is 0. The van der Waals surface area contributed by atoms with E-state index in [1.807, 2.05) is 20.8 Å². The van der Waals surface area contributed by atoms with Gasteiger partial charge in [0.25, 0.3) is 0 Å². The first-order chi connectivity index (χ1) is 15.7. The molecule has 2 aliphatic rings. The van der Waals surface area contributed by atoms with Crippen molar-refractivity contribution in [3.63, 3.8) is 0 Å². The molecule has 0 N–H and O–H groups in total. The van der Waals surface area contributed by atoms with E-state index in [1.165, 1.54) is 18.2 Å².